The summed E-state index contributed by atoms with van der Waals surface area (Å²) in [6.07, 6.45) is 4.16. The van der Waals surface area contributed by atoms with Gasteiger partial charge in [-0.25, -0.2) is 9.07 Å². The number of carbonyl (C=O) groups is 1. The lowest BCUT2D eigenvalue weighted by atomic mass is 10.1. The smallest absolute Gasteiger partial charge is 0.303 e. The molecule has 0 saturated carbocycles. The van der Waals surface area contributed by atoms with E-state index in [-0.39, 0.29) is 12.2 Å². The number of rotatable bonds is 7. The monoisotopic (exact) mass is 277 g/mol. The van der Waals surface area contributed by atoms with E-state index in [2.05, 4.69) is 10.3 Å². The number of nitrogens with zero attached hydrogens (tertiary/aromatic N) is 3. The van der Waals surface area contributed by atoms with Crippen LogP contribution in [0.3, 0.4) is 0 Å². The van der Waals surface area contributed by atoms with Crippen LogP contribution < -0.4 is 0 Å². The van der Waals surface area contributed by atoms with Gasteiger partial charge < -0.3 is 5.11 Å². The Bertz CT molecular complexity index is 566. The first-order valence-electron chi connectivity index (χ1n) is 6.49. The van der Waals surface area contributed by atoms with Crippen LogP contribution in [-0.2, 0) is 17.8 Å². The molecule has 0 amide bonds. The third-order valence-electron chi connectivity index (χ3n) is 2.92. The average Bonchev–Trinajstić information content (AvgIpc) is 2.85. The van der Waals surface area contributed by atoms with Crippen LogP contribution in [0.2, 0.25) is 0 Å². The van der Waals surface area contributed by atoms with Gasteiger partial charge >= 0.3 is 5.97 Å². The number of aliphatic carboxylic acids is 1. The van der Waals surface area contributed by atoms with E-state index in [1.54, 1.807) is 16.8 Å². The largest absolute Gasteiger partial charge is 0.481 e. The molecule has 106 valence electrons. The molecule has 20 heavy (non-hydrogen) atoms. The Morgan fingerprint density at radius 1 is 1.25 bits per heavy atom. The minimum absolute atomic E-state index is 0.184. The van der Waals surface area contributed by atoms with Crippen LogP contribution in [0.15, 0.2) is 30.5 Å². The fourth-order valence-corrected chi connectivity index (χ4v) is 1.89. The molecule has 0 radical (unpaired) electrons. The van der Waals surface area contributed by atoms with Gasteiger partial charge in [0.1, 0.15) is 5.82 Å². The minimum atomic E-state index is -0.773. The van der Waals surface area contributed by atoms with Crippen LogP contribution in [0.4, 0.5) is 4.39 Å². The molecule has 5 nitrogen and oxygen atoms in total. The molecule has 0 unspecified atom stereocenters. The average molecular weight is 277 g/mol. The standard InChI is InChI=1S/C14H16FN3O2/c15-12-7-5-11(6-8-12)9-18-10-13(16-17-18)3-1-2-4-14(19)20/h5-8,10H,1-4,9H2,(H,19,20). The summed E-state index contributed by atoms with van der Waals surface area (Å²) in [6.45, 7) is 0.544. The van der Waals surface area contributed by atoms with Crippen molar-refractivity contribution in [1.82, 2.24) is 15.0 Å². The maximum atomic E-state index is 12.8. The molecule has 0 aliphatic heterocycles. The van der Waals surface area contributed by atoms with E-state index < -0.39 is 5.97 Å². The summed E-state index contributed by atoms with van der Waals surface area (Å²) in [5, 5.41) is 16.6. The van der Waals surface area contributed by atoms with Crippen molar-refractivity contribution >= 4 is 5.97 Å². The highest BCUT2D eigenvalue weighted by Crippen LogP contribution is 2.07. The molecule has 0 saturated heterocycles. The molecule has 1 aromatic heterocycles. The maximum Gasteiger partial charge on any atom is 0.303 e. The number of halogens is 1. The minimum Gasteiger partial charge on any atom is -0.481 e. The summed E-state index contributed by atoms with van der Waals surface area (Å²) < 4.78 is 14.5. The van der Waals surface area contributed by atoms with E-state index in [0.717, 1.165) is 24.1 Å². The number of aromatic nitrogens is 3. The zero-order valence-electron chi connectivity index (χ0n) is 11.0. The first-order chi connectivity index (χ1) is 9.63. The first kappa shape index (κ1) is 14.2. The molecule has 0 aliphatic carbocycles. The highest BCUT2D eigenvalue weighted by molar-refractivity contribution is 5.66. The van der Waals surface area contributed by atoms with Gasteiger partial charge in [0, 0.05) is 12.6 Å². The van der Waals surface area contributed by atoms with Crippen LogP contribution in [0.5, 0.6) is 0 Å². The van der Waals surface area contributed by atoms with Gasteiger partial charge in [-0.15, -0.1) is 5.10 Å². The number of carboxylic acids is 1. The number of benzene rings is 1. The van der Waals surface area contributed by atoms with Crippen LogP contribution in [0.25, 0.3) is 0 Å². The van der Waals surface area contributed by atoms with Crippen molar-refractivity contribution in [2.45, 2.75) is 32.2 Å². The van der Waals surface area contributed by atoms with E-state index in [1.807, 2.05) is 6.20 Å². The predicted octanol–water partition coefficient (Wildman–Crippen LogP) is 2.26. The van der Waals surface area contributed by atoms with E-state index in [9.17, 15) is 9.18 Å². The Hall–Kier alpha value is -2.24. The Morgan fingerprint density at radius 2 is 2.00 bits per heavy atom. The summed E-state index contributed by atoms with van der Waals surface area (Å²) >= 11 is 0. The van der Waals surface area contributed by atoms with Crippen LogP contribution >= 0.6 is 0 Å². The van der Waals surface area contributed by atoms with Crippen molar-refractivity contribution in [3.8, 4) is 0 Å². The fourth-order valence-electron chi connectivity index (χ4n) is 1.89. The predicted molar refractivity (Wildman–Crippen MR) is 70.7 cm³/mol. The summed E-state index contributed by atoms with van der Waals surface area (Å²) in [6, 6.07) is 6.26. The van der Waals surface area contributed by atoms with Gasteiger partial charge in [0.2, 0.25) is 0 Å². The molecular formula is C14H16FN3O2. The molecule has 0 fully saturated rings. The third-order valence-corrected chi connectivity index (χ3v) is 2.92. The summed E-state index contributed by atoms with van der Waals surface area (Å²) in [4.78, 5) is 10.4. The van der Waals surface area contributed by atoms with E-state index >= 15 is 0 Å². The second-order valence-electron chi connectivity index (χ2n) is 4.63. The van der Waals surface area contributed by atoms with E-state index in [1.165, 1.54) is 12.1 Å². The number of hydrogen-bond donors (Lipinski definition) is 1. The highest BCUT2D eigenvalue weighted by Gasteiger charge is 2.03. The maximum absolute atomic E-state index is 12.8. The molecule has 0 bridgehead atoms. The van der Waals surface area contributed by atoms with Gasteiger partial charge in [0.25, 0.3) is 0 Å². The van der Waals surface area contributed by atoms with Crippen molar-refractivity contribution < 1.29 is 14.3 Å². The lowest BCUT2D eigenvalue weighted by Crippen LogP contribution is -2.00. The second-order valence-corrected chi connectivity index (χ2v) is 4.63. The van der Waals surface area contributed by atoms with Crippen molar-refractivity contribution in [1.29, 1.82) is 0 Å². The Morgan fingerprint density at radius 3 is 2.70 bits per heavy atom. The SMILES string of the molecule is O=C(O)CCCCc1cn(Cc2ccc(F)cc2)nn1. The van der Waals surface area contributed by atoms with Gasteiger partial charge in [-0.2, -0.15) is 0 Å². The highest BCUT2D eigenvalue weighted by atomic mass is 19.1. The van der Waals surface area contributed by atoms with Gasteiger partial charge in [-0.3, -0.25) is 4.79 Å². The van der Waals surface area contributed by atoms with Crippen molar-refractivity contribution in [2.75, 3.05) is 0 Å². The zero-order valence-corrected chi connectivity index (χ0v) is 11.0. The van der Waals surface area contributed by atoms with Crippen LogP contribution in [-0.4, -0.2) is 26.1 Å². The number of carboxylic acid groups (broad SMARTS) is 1. The first-order valence-corrected chi connectivity index (χ1v) is 6.49. The van der Waals surface area contributed by atoms with Crippen LogP contribution in [0, 0.1) is 5.82 Å². The van der Waals surface area contributed by atoms with Gasteiger partial charge in [-0.05, 0) is 37.0 Å². The second kappa shape index (κ2) is 6.79. The van der Waals surface area contributed by atoms with Gasteiger partial charge in [0.05, 0.1) is 12.2 Å². The molecule has 1 aromatic carbocycles. The molecule has 1 heterocycles. The Balaban J connectivity index is 1.82. The molecule has 2 aromatic rings. The van der Waals surface area contributed by atoms with E-state index in [4.69, 9.17) is 5.11 Å². The number of unbranched alkanes of at least 4 members (excludes halogenated alkanes) is 1. The summed E-state index contributed by atoms with van der Waals surface area (Å²) in [7, 11) is 0. The fraction of sp³-hybridized carbons (Fsp3) is 0.357. The molecule has 6 heteroatoms. The topological polar surface area (TPSA) is 68.0 Å². The van der Waals surface area contributed by atoms with Gasteiger partial charge in [0.15, 0.2) is 0 Å². The Kier molecular flexibility index (Phi) is 4.81. The lowest BCUT2D eigenvalue weighted by molar-refractivity contribution is -0.137. The number of aryl methyl sites for hydroxylation is 1. The zero-order chi connectivity index (χ0) is 14.4. The van der Waals surface area contributed by atoms with Crippen LogP contribution in [0.1, 0.15) is 30.5 Å². The molecule has 0 aliphatic rings. The molecular weight excluding hydrogens is 261 g/mol. The van der Waals surface area contributed by atoms with E-state index in [0.29, 0.717) is 13.0 Å². The molecule has 2 rings (SSSR count). The Labute approximate surface area is 116 Å². The summed E-state index contributed by atoms with van der Waals surface area (Å²) in [5.41, 5.74) is 1.80. The summed E-state index contributed by atoms with van der Waals surface area (Å²) in [5.74, 6) is -1.03. The van der Waals surface area contributed by atoms with Crippen molar-refractivity contribution in [3.05, 3.63) is 47.5 Å². The van der Waals surface area contributed by atoms with Crippen molar-refractivity contribution in [2.24, 2.45) is 0 Å². The third kappa shape index (κ3) is 4.46. The van der Waals surface area contributed by atoms with Gasteiger partial charge in [-0.1, -0.05) is 17.3 Å². The number of hydrogen-bond acceptors (Lipinski definition) is 3. The molecule has 1 N–H and O–H groups in total. The molecule has 0 atom stereocenters. The van der Waals surface area contributed by atoms with Crippen molar-refractivity contribution in [3.63, 3.8) is 0 Å². The quantitative estimate of drug-likeness (QED) is 0.788. The lowest BCUT2D eigenvalue weighted by Gasteiger charge is -2.00. The normalized spacial score (nSPS) is 10.7. The molecule has 0 spiro atoms.